The summed E-state index contributed by atoms with van der Waals surface area (Å²) in [5, 5.41) is 4.68. The number of aromatic nitrogens is 2. The van der Waals surface area contributed by atoms with Gasteiger partial charge in [0.05, 0.1) is 11.3 Å². The maximum Gasteiger partial charge on any atom is 0.155 e. The lowest BCUT2D eigenvalue weighted by Crippen LogP contribution is -1.97. The first-order chi connectivity index (χ1) is 10.6. The van der Waals surface area contributed by atoms with Gasteiger partial charge < -0.3 is 0 Å². The van der Waals surface area contributed by atoms with Gasteiger partial charge in [-0.15, -0.1) is 0 Å². The predicted molar refractivity (Wildman–Crippen MR) is 91.6 cm³/mol. The van der Waals surface area contributed by atoms with Gasteiger partial charge in [-0.25, -0.2) is 4.68 Å². The zero-order valence-electron chi connectivity index (χ0n) is 12.4. The third-order valence-corrected chi connectivity index (χ3v) is 4.46. The van der Waals surface area contributed by atoms with Crippen molar-refractivity contribution >= 4 is 22.2 Å². The number of benzene rings is 2. The molecule has 0 spiro atoms. The van der Waals surface area contributed by atoms with Gasteiger partial charge in [-0.1, -0.05) is 36.4 Å². The molecule has 3 nitrogen and oxygen atoms in total. The lowest BCUT2D eigenvalue weighted by Gasteiger charge is -2.07. The highest BCUT2D eigenvalue weighted by molar-refractivity contribution is 9.10. The number of aldehydes is 1. The molecule has 0 bridgehead atoms. The summed E-state index contributed by atoms with van der Waals surface area (Å²) in [5.41, 5.74) is 5.42. The smallest absolute Gasteiger partial charge is 0.155 e. The Labute approximate surface area is 137 Å². The van der Waals surface area contributed by atoms with Crippen molar-refractivity contribution in [3.05, 3.63) is 69.8 Å². The Morgan fingerprint density at radius 1 is 1.00 bits per heavy atom. The Morgan fingerprint density at radius 2 is 1.64 bits per heavy atom. The quantitative estimate of drug-likeness (QED) is 0.637. The fraction of sp³-hybridized carbons (Fsp3) is 0.111. The van der Waals surface area contributed by atoms with Gasteiger partial charge in [0, 0.05) is 5.56 Å². The highest BCUT2D eigenvalue weighted by Crippen LogP contribution is 2.33. The van der Waals surface area contributed by atoms with Crippen LogP contribution in [0.25, 0.3) is 16.9 Å². The molecule has 0 amide bonds. The lowest BCUT2D eigenvalue weighted by atomic mass is 9.98. The molecule has 0 aliphatic rings. The van der Waals surface area contributed by atoms with Crippen molar-refractivity contribution in [2.45, 2.75) is 13.8 Å². The summed E-state index contributed by atoms with van der Waals surface area (Å²) in [6.07, 6.45) is 0.859. The maximum absolute atomic E-state index is 11.6. The molecule has 1 heterocycles. The minimum atomic E-state index is 0.571. The Kier molecular flexibility index (Phi) is 3.94. The summed E-state index contributed by atoms with van der Waals surface area (Å²) in [6.45, 7) is 4.07. The van der Waals surface area contributed by atoms with Crippen LogP contribution in [0.1, 0.15) is 21.5 Å². The second kappa shape index (κ2) is 5.89. The molecule has 0 saturated heterocycles. The molecule has 0 radical (unpaired) electrons. The van der Waals surface area contributed by atoms with E-state index in [0.29, 0.717) is 15.9 Å². The molecule has 0 aliphatic heterocycles. The first kappa shape index (κ1) is 14.7. The minimum Gasteiger partial charge on any atom is -0.298 e. The highest BCUT2D eigenvalue weighted by atomic mass is 79.9. The van der Waals surface area contributed by atoms with Gasteiger partial charge >= 0.3 is 0 Å². The van der Waals surface area contributed by atoms with E-state index in [0.717, 1.165) is 28.7 Å². The second-order valence-corrected chi connectivity index (χ2v) is 5.94. The molecule has 2 aromatic carbocycles. The standard InChI is InChI=1S/C18H15BrN2O/c1-12-7-6-8-13(2)16(12)17-15(11-22)18(19)21(20-17)14-9-4-3-5-10-14/h3-11H,1-2H3. The molecular formula is C18H15BrN2O. The number of hydrogen-bond donors (Lipinski definition) is 0. The van der Waals surface area contributed by atoms with Gasteiger partial charge in [0.15, 0.2) is 6.29 Å². The number of aryl methyl sites for hydroxylation is 2. The summed E-state index contributed by atoms with van der Waals surface area (Å²) in [6, 6.07) is 15.8. The monoisotopic (exact) mass is 354 g/mol. The molecule has 0 N–H and O–H groups in total. The number of hydrogen-bond acceptors (Lipinski definition) is 2. The van der Waals surface area contributed by atoms with Gasteiger partial charge in [-0.2, -0.15) is 5.10 Å². The SMILES string of the molecule is Cc1cccc(C)c1-c1nn(-c2ccccc2)c(Br)c1C=O. The van der Waals surface area contributed by atoms with E-state index >= 15 is 0 Å². The fourth-order valence-corrected chi connectivity index (χ4v) is 3.19. The fourth-order valence-electron chi connectivity index (χ4n) is 2.63. The number of carbonyl (C=O) groups is 1. The van der Waals surface area contributed by atoms with Crippen molar-refractivity contribution < 1.29 is 4.79 Å². The van der Waals surface area contributed by atoms with Crippen LogP contribution in [0.2, 0.25) is 0 Å². The van der Waals surface area contributed by atoms with E-state index in [9.17, 15) is 4.79 Å². The van der Waals surface area contributed by atoms with E-state index in [1.54, 1.807) is 4.68 Å². The van der Waals surface area contributed by atoms with Crippen LogP contribution in [0.3, 0.4) is 0 Å². The van der Waals surface area contributed by atoms with Crippen LogP contribution >= 0.6 is 15.9 Å². The summed E-state index contributed by atoms with van der Waals surface area (Å²) in [7, 11) is 0. The van der Waals surface area contributed by atoms with E-state index in [1.165, 1.54) is 0 Å². The molecule has 3 aromatic rings. The molecule has 0 saturated carbocycles. The van der Waals surface area contributed by atoms with Crippen molar-refractivity contribution in [3.63, 3.8) is 0 Å². The molecule has 0 aliphatic carbocycles. The number of para-hydroxylation sites is 1. The van der Waals surface area contributed by atoms with Crippen LogP contribution in [-0.4, -0.2) is 16.1 Å². The van der Waals surface area contributed by atoms with E-state index in [4.69, 9.17) is 0 Å². The molecule has 3 rings (SSSR count). The van der Waals surface area contributed by atoms with E-state index in [-0.39, 0.29) is 0 Å². The first-order valence-corrected chi connectivity index (χ1v) is 7.78. The Morgan fingerprint density at radius 3 is 2.23 bits per heavy atom. The van der Waals surface area contributed by atoms with Crippen LogP contribution in [0, 0.1) is 13.8 Å². The van der Waals surface area contributed by atoms with Gasteiger partial charge in [-0.05, 0) is 53.0 Å². The molecule has 0 fully saturated rings. The molecule has 0 atom stereocenters. The average molecular weight is 355 g/mol. The van der Waals surface area contributed by atoms with E-state index in [1.807, 2.05) is 62.4 Å². The maximum atomic E-state index is 11.6. The number of nitrogens with zero attached hydrogens (tertiary/aromatic N) is 2. The normalized spacial score (nSPS) is 10.7. The molecule has 22 heavy (non-hydrogen) atoms. The Bertz CT molecular complexity index is 818. The second-order valence-electron chi connectivity index (χ2n) is 5.19. The molecule has 1 aromatic heterocycles. The summed E-state index contributed by atoms with van der Waals surface area (Å²) < 4.78 is 2.43. The van der Waals surface area contributed by atoms with Crippen molar-refractivity contribution in [3.8, 4) is 16.9 Å². The van der Waals surface area contributed by atoms with Crippen LogP contribution < -0.4 is 0 Å². The van der Waals surface area contributed by atoms with Crippen molar-refractivity contribution in [1.82, 2.24) is 9.78 Å². The lowest BCUT2D eigenvalue weighted by molar-refractivity contribution is 0.112. The molecule has 4 heteroatoms. The topological polar surface area (TPSA) is 34.9 Å². The van der Waals surface area contributed by atoms with Crippen molar-refractivity contribution in [1.29, 1.82) is 0 Å². The van der Waals surface area contributed by atoms with Gasteiger partial charge in [-0.3, -0.25) is 4.79 Å². The Hall–Kier alpha value is -2.20. The molecular weight excluding hydrogens is 340 g/mol. The zero-order valence-corrected chi connectivity index (χ0v) is 14.0. The van der Waals surface area contributed by atoms with Crippen LogP contribution in [0.5, 0.6) is 0 Å². The predicted octanol–water partition coefficient (Wildman–Crippen LogP) is 4.73. The largest absolute Gasteiger partial charge is 0.298 e. The van der Waals surface area contributed by atoms with Crippen LogP contribution in [-0.2, 0) is 0 Å². The van der Waals surface area contributed by atoms with Crippen molar-refractivity contribution in [2.75, 3.05) is 0 Å². The average Bonchev–Trinajstić information content (AvgIpc) is 2.84. The number of halogens is 1. The zero-order chi connectivity index (χ0) is 15.7. The van der Waals surface area contributed by atoms with Crippen LogP contribution in [0.15, 0.2) is 53.1 Å². The Balaban J connectivity index is 2.28. The highest BCUT2D eigenvalue weighted by Gasteiger charge is 2.20. The van der Waals surface area contributed by atoms with Gasteiger partial charge in [0.2, 0.25) is 0 Å². The van der Waals surface area contributed by atoms with Gasteiger partial charge in [0.25, 0.3) is 0 Å². The first-order valence-electron chi connectivity index (χ1n) is 6.99. The van der Waals surface area contributed by atoms with Crippen molar-refractivity contribution in [2.24, 2.45) is 0 Å². The summed E-state index contributed by atoms with van der Waals surface area (Å²) in [5.74, 6) is 0. The molecule has 110 valence electrons. The number of rotatable bonds is 3. The summed E-state index contributed by atoms with van der Waals surface area (Å²) >= 11 is 3.51. The van der Waals surface area contributed by atoms with E-state index in [2.05, 4.69) is 21.0 Å². The minimum absolute atomic E-state index is 0.571. The van der Waals surface area contributed by atoms with E-state index < -0.39 is 0 Å². The van der Waals surface area contributed by atoms with Crippen LogP contribution in [0.4, 0.5) is 0 Å². The van der Waals surface area contributed by atoms with Gasteiger partial charge in [0.1, 0.15) is 10.3 Å². The molecule has 0 unspecified atom stereocenters. The third-order valence-electron chi connectivity index (χ3n) is 3.70. The summed E-state index contributed by atoms with van der Waals surface area (Å²) in [4.78, 5) is 11.6. The number of carbonyl (C=O) groups excluding carboxylic acids is 1. The third kappa shape index (κ3) is 2.40.